The number of hydrogen-bond donors (Lipinski definition) is 2. The largest absolute Gasteiger partial charge is 0.366 e. The molecular formula is C18H29Cl2N3O2. The Morgan fingerprint density at radius 3 is 2.44 bits per heavy atom. The highest BCUT2D eigenvalue weighted by atomic mass is 35.5. The molecule has 2 fully saturated rings. The van der Waals surface area contributed by atoms with E-state index in [4.69, 9.17) is 4.74 Å². The Balaban J connectivity index is 0.00000156. The molecule has 25 heavy (non-hydrogen) atoms. The summed E-state index contributed by atoms with van der Waals surface area (Å²) in [6.07, 6.45) is 3.65. The lowest BCUT2D eigenvalue weighted by atomic mass is 10.1. The lowest BCUT2D eigenvalue weighted by Gasteiger charge is -2.26. The number of piperidine rings is 1. The van der Waals surface area contributed by atoms with Crippen molar-refractivity contribution in [2.24, 2.45) is 0 Å². The fourth-order valence-corrected chi connectivity index (χ4v) is 3.18. The molecule has 2 N–H and O–H groups in total. The summed E-state index contributed by atoms with van der Waals surface area (Å²) in [5, 5.41) is 6.12. The van der Waals surface area contributed by atoms with Crippen molar-refractivity contribution in [2.75, 3.05) is 32.8 Å². The lowest BCUT2D eigenvalue weighted by Crippen LogP contribution is -2.47. The number of carbonyl (C=O) groups is 1. The van der Waals surface area contributed by atoms with Gasteiger partial charge in [-0.25, -0.2) is 0 Å². The van der Waals surface area contributed by atoms with Crippen molar-refractivity contribution >= 4 is 30.7 Å². The minimum absolute atomic E-state index is 0. The summed E-state index contributed by atoms with van der Waals surface area (Å²) < 4.78 is 5.45. The number of halogens is 2. The fourth-order valence-electron chi connectivity index (χ4n) is 3.18. The number of amides is 1. The van der Waals surface area contributed by atoms with Crippen LogP contribution in [0.4, 0.5) is 0 Å². The molecule has 0 bridgehead atoms. The second kappa shape index (κ2) is 11.7. The maximum atomic E-state index is 12.0. The monoisotopic (exact) mass is 389 g/mol. The van der Waals surface area contributed by atoms with E-state index in [0.717, 1.165) is 18.7 Å². The molecule has 0 aromatic heterocycles. The van der Waals surface area contributed by atoms with Gasteiger partial charge in [0.1, 0.15) is 6.10 Å². The van der Waals surface area contributed by atoms with Crippen LogP contribution in [0.3, 0.4) is 0 Å². The zero-order chi connectivity index (χ0) is 15.9. The summed E-state index contributed by atoms with van der Waals surface area (Å²) in [4.78, 5) is 14.5. The van der Waals surface area contributed by atoms with Crippen molar-refractivity contribution in [3.05, 3.63) is 35.4 Å². The van der Waals surface area contributed by atoms with Crippen molar-refractivity contribution < 1.29 is 9.53 Å². The quantitative estimate of drug-likeness (QED) is 0.809. The molecule has 1 atom stereocenters. The highest BCUT2D eigenvalue weighted by molar-refractivity contribution is 5.85. The van der Waals surface area contributed by atoms with E-state index in [9.17, 15) is 4.79 Å². The van der Waals surface area contributed by atoms with Gasteiger partial charge in [0.2, 0.25) is 0 Å². The molecule has 5 nitrogen and oxygen atoms in total. The van der Waals surface area contributed by atoms with E-state index in [-0.39, 0.29) is 36.8 Å². The summed E-state index contributed by atoms with van der Waals surface area (Å²) in [7, 11) is 0. The Labute approximate surface area is 162 Å². The SMILES string of the molecule is Cl.Cl.O=C(NCc1ccc(CN2CCCCC2)cc1)C1CNCCO1. The Kier molecular flexibility index (Phi) is 10.4. The van der Waals surface area contributed by atoms with Crippen molar-refractivity contribution in [1.29, 1.82) is 0 Å². The molecule has 1 unspecified atom stereocenters. The Morgan fingerprint density at radius 1 is 1.12 bits per heavy atom. The minimum atomic E-state index is -0.359. The molecular weight excluding hydrogens is 361 g/mol. The molecule has 0 aliphatic carbocycles. The van der Waals surface area contributed by atoms with Gasteiger partial charge in [0.05, 0.1) is 6.61 Å². The maximum absolute atomic E-state index is 12.0. The number of likely N-dealkylation sites (tertiary alicyclic amines) is 1. The molecule has 2 saturated heterocycles. The number of nitrogens with one attached hydrogen (secondary N) is 2. The minimum Gasteiger partial charge on any atom is -0.366 e. The van der Waals surface area contributed by atoms with E-state index in [2.05, 4.69) is 39.8 Å². The van der Waals surface area contributed by atoms with Gasteiger partial charge < -0.3 is 15.4 Å². The number of nitrogens with zero attached hydrogens (tertiary/aromatic N) is 1. The van der Waals surface area contributed by atoms with Crippen LogP contribution in [-0.4, -0.2) is 49.7 Å². The molecule has 7 heteroatoms. The third kappa shape index (κ3) is 7.12. The van der Waals surface area contributed by atoms with Gasteiger partial charge in [-0.1, -0.05) is 30.7 Å². The first-order valence-corrected chi connectivity index (χ1v) is 8.71. The van der Waals surface area contributed by atoms with E-state index < -0.39 is 0 Å². The van der Waals surface area contributed by atoms with Crippen LogP contribution in [-0.2, 0) is 22.6 Å². The number of rotatable bonds is 5. The maximum Gasteiger partial charge on any atom is 0.250 e. The smallest absolute Gasteiger partial charge is 0.250 e. The summed E-state index contributed by atoms with van der Waals surface area (Å²) in [5.74, 6) is -0.0328. The lowest BCUT2D eigenvalue weighted by molar-refractivity contribution is -0.134. The van der Waals surface area contributed by atoms with E-state index >= 15 is 0 Å². The average molecular weight is 390 g/mol. The van der Waals surface area contributed by atoms with Crippen LogP contribution in [0, 0.1) is 0 Å². The van der Waals surface area contributed by atoms with Gasteiger partial charge in [-0.05, 0) is 37.1 Å². The van der Waals surface area contributed by atoms with Crippen molar-refractivity contribution in [2.45, 2.75) is 38.5 Å². The van der Waals surface area contributed by atoms with Crippen LogP contribution in [0.5, 0.6) is 0 Å². The summed E-state index contributed by atoms with van der Waals surface area (Å²) >= 11 is 0. The van der Waals surface area contributed by atoms with Gasteiger partial charge in [-0.15, -0.1) is 24.8 Å². The van der Waals surface area contributed by atoms with Crippen molar-refractivity contribution in [3.8, 4) is 0 Å². The first kappa shape index (κ1) is 22.2. The number of carbonyl (C=O) groups excluding carboxylic acids is 1. The second-order valence-corrected chi connectivity index (χ2v) is 6.43. The first-order chi connectivity index (χ1) is 11.3. The predicted molar refractivity (Wildman–Crippen MR) is 105 cm³/mol. The molecule has 142 valence electrons. The number of morpholine rings is 1. The number of benzene rings is 1. The zero-order valence-corrected chi connectivity index (χ0v) is 16.2. The molecule has 1 aromatic rings. The molecule has 2 aliphatic rings. The average Bonchev–Trinajstić information content (AvgIpc) is 2.62. The number of ether oxygens (including phenoxy) is 1. The van der Waals surface area contributed by atoms with Gasteiger partial charge in [0, 0.05) is 26.2 Å². The molecule has 2 heterocycles. The molecule has 1 aromatic carbocycles. The molecule has 0 radical (unpaired) electrons. The Bertz CT molecular complexity index is 502. The summed E-state index contributed by atoms with van der Waals surface area (Å²) in [5.41, 5.74) is 2.48. The molecule has 2 aliphatic heterocycles. The highest BCUT2D eigenvalue weighted by Crippen LogP contribution is 2.13. The number of hydrogen-bond acceptors (Lipinski definition) is 4. The van der Waals surface area contributed by atoms with E-state index in [1.165, 1.54) is 37.9 Å². The van der Waals surface area contributed by atoms with Gasteiger partial charge in [-0.3, -0.25) is 9.69 Å². The van der Waals surface area contributed by atoms with Gasteiger partial charge in [-0.2, -0.15) is 0 Å². The molecule has 3 rings (SSSR count). The highest BCUT2D eigenvalue weighted by Gasteiger charge is 2.21. The van der Waals surface area contributed by atoms with Gasteiger partial charge in [0.15, 0.2) is 0 Å². The molecule has 1 amide bonds. The van der Waals surface area contributed by atoms with E-state index in [1.807, 2.05) is 0 Å². The second-order valence-electron chi connectivity index (χ2n) is 6.43. The van der Waals surface area contributed by atoms with Crippen LogP contribution in [0.15, 0.2) is 24.3 Å². The Morgan fingerprint density at radius 2 is 1.80 bits per heavy atom. The normalized spacial score (nSPS) is 20.9. The van der Waals surface area contributed by atoms with E-state index in [0.29, 0.717) is 19.7 Å². The standard InChI is InChI=1S/C18H27N3O2.2ClH/c22-18(17-13-19-8-11-23-17)20-12-15-4-6-16(7-5-15)14-21-9-2-1-3-10-21;;/h4-7,17,19H,1-3,8-14H2,(H,20,22);2*1H. The molecule has 0 saturated carbocycles. The van der Waals surface area contributed by atoms with Crippen LogP contribution < -0.4 is 10.6 Å². The zero-order valence-electron chi connectivity index (χ0n) is 14.5. The summed E-state index contributed by atoms with van der Waals surface area (Å²) in [6, 6.07) is 8.57. The van der Waals surface area contributed by atoms with E-state index in [1.54, 1.807) is 0 Å². The van der Waals surface area contributed by atoms with Crippen molar-refractivity contribution in [1.82, 2.24) is 15.5 Å². The van der Waals surface area contributed by atoms with Crippen LogP contribution in [0.25, 0.3) is 0 Å². The van der Waals surface area contributed by atoms with Gasteiger partial charge >= 0.3 is 0 Å². The predicted octanol–water partition coefficient (Wildman–Crippen LogP) is 2.12. The fraction of sp³-hybridized carbons (Fsp3) is 0.611. The molecule has 0 spiro atoms. The van der Waals surface area contributed by atoms with Gasteiger partial charge in [0.25, 0.3) is 5.91 Å². The Hall–Kier alpha value is -0.850. The summed E-state index contributed by atoms with van der Waals surface area (Å²) in [6.45, 7) is 6.05. The third-order valence-electron chi connectivity index (χ3n) is 4.56. The topological polar surface area (TPSA) is 53.6 Å². The van der Waals surface area contributed by atoms with Crippen LogP contribution in [0.2, 0.25) is 0 Å². The van der Waals surface area contributed by atoms with Crippen LogP contribution >= 0.6 is 24.8 Å². The van der Waals surface area contributed by atoms with Crippen molar-refractivity contribution in [3.63, 3.8) is 0 Å². The first-order valence-electron chi connectivity index (χ1n) is 8.71. The third-order valence-corrected chi connectivity index (χ3v) is 4.56. The van der Waals surface area contributed by atoms with Crippen LogP contribution in [0.1, 0.15) is 30.4 Å².